The van der Waals surface area contributed by atoms with Crippen LogP contribution in [0.1, 0.15) is 22.3 Å². The lowest BCUT2D eigenvalue weighted by Gasteiger charge is -2.43. The molecule has 1 aliphatic rings. The molecule has 208 valence electrons. The number of ether oxygens (including phenoxy) is 4. The molecular formula is C34H35FO4S. The lowest BCUT2D eigenvalue weighted by atomic mass is 10.0. The summed E-state index contributed by atoms with van der Waals surface area (Å²) in [6, 6.07) is 37.8. The minimum atomic E-state index is -1.44. The Balaban J connectivity index is 1.37. The Morgan fingerprint density at radius 1 is 0.650 bits per heavy atom. The minimum Gasteiger partial charge on any atom is -0.374 e. The van der Waals surface area contributed by atoms with Gasteiger partial charge in [-0.05, 0) is 35.7 Å². The van der Waals surface area contributed by atoms with Gasteiger partial charge in [-0.25, -0.2) is 4.39 Å². The molecule has 0 bridgehead atoms. The number of halogens is 1. The zero-order valence-corrected chi connectivity index (χ0v) is 23.4. The lowest BCUT2D eigenvalue weighted by Crippen LogP contribution is -2.57. The molecule has 0 spiro atoms. The number of hydrogen-bond donors (Lipinski definition) is 0. The summed E-state index contributed by atoms with van der Waals surface area (Å²) < 4.78 is 41.4. The summed E-state index contributed by atoms with van der Waals surface area (Å²) in [7, 11) is 0. The number of benzene rings is 4. The van der Waals surface area contributed by atoms with E-state index < -0.39 is 29.9 Å². The van der Waals surface area contributed by atoms with Crippen molar-refractivity contribution in [1.82, 2.24) is 0 Å². The average molecular weight is 559 g/mol. The van der Waals surface area contributed by atoms with Gasteiger partial charge in [0.25, 0.3) is 0 Å². The number of rotatable bonds is 12. The first-order valence-electron chi connectivity index (χ1n) is 13.6. The Bertz CT molecular complexity index is 1270. The molecular weight excluding hydrogens is 523 g/mol. The third-order valence-electron chi connectivity index (χ3n) is 6.81. The molecule has 0 saturated carbocycles. The van der Waals surface area contributed by atoms with Gasteiger partial charge in [0.2, 0.25) is 0 Å². The van der Waals surface area contributed by atoms with Crippen molar-refractivity contribution < 1.29 is 23.3 Å². The molecule has 0 N–H and O–H groups in total. The van der Waals surface area contributed by atoms with E-state index in [0.29, 0.717) is 13.2 Å². The van der Waals surface area contributed by atoms with Gasteiger partial charge in [-0.3, -0.25) is 0 Å². The van der Waals surface area contributed by atoms with Crippen molar-refractivity contribution in [2.75, 3.05) is 6.61 Å². The van der Waals surface area contributed by atoms with Crippen LogP contribution in [0.15, 0.2) is 120 Å². The fourth-order valence-corrected chi connectivity index (χ4v) is 5.74. The van der Waals surface area contributed by atoms with Crippen molar-refractivity contribution in [3.05, 3.63) is 138 Å². The molecule has 40 heavy (non-hydrogen) atoms. The van der Waals surface area contributed by atoms with Crippen molar-refractivity contribution >= 4 is 11.8 Å². The van der Waals surface area contributed by atoms with E-state index >= 15 is 4.39 Å². The van der Waals surface area contributed by atoms with E-state index in [0.717, 1.165) is 21.6 Å². The molecule has 5 rings (SSSR count). The van der Waals surface area contributed by atoms with Crippen molar-refractivity contribution in [3.63, 3.8) is 0 Å². The summed E-state index contributed by atoms with van der Waals surface area (Å²) >= 11 is 1.53. The smallest absolute Gasteiger partial charge is 0.157 e. The molecule has 1 saturated heterocycles. The van der Waals surface area contributed by atoms with Gasteiger partial charge in [0.05, 0.1) is 26.4 Å². The Kier molecular flexibility index (Phi) is 10.4. The molecule has 4 aromatic carbocycles. The number of thioether (sulfide) groups is 1. The second-order valence-corrected chi connectivity index (χ2v) is 11.1. The molecule has 0 aliphatic carbocycles. The first kappa shape index (κ1) is 28.5. The molecule has 0 unspecified atom stereocenters. The fraction of sp³-hybridized carbons (Fsp3) is 0.294. The fourth-order valence-electron chi connectivity index (χ4n) is 4.61. The third kappa shape index (κ3) is 8.03. The first-order valence-corrected chi connectivity index (χ1v) is 14.5. The highest BCUT2D eigenvalue weighted by molar-refractivity contribution is 7.99. The van der Waals surface area contributed by atoms with E-state index in [1.807, 2.05) is 91.0 Å². The second kappa shape index (κ2) is 14.6. The molecule has 5 atom stereocenters. The molecule has 1 aliphatic heterocycles. The highest BCUT2D eigenvalue weighted by Crippen LogP contribution is 2.38. The summed E-state index contributed by atoms with van der Waals surface area (Å²) in [5.41, 5.74) is 3.69. The van der Waals surface area contributed by atoms with Crippen molar-refractivity contribution in [3.8, 4) is 0 Å². The summed E-state index contributed by atoms with van der Waals surface area (Å²) in [5.74, 6) is 0. The van der Waals surface area contributed by atoms with Gasteiger partial charge in [-0.15, -0.1) is 0 Å². The van der Waals surface area contributed by atoms with E-state index in [-0.39, 0.29) is 13.2 Å². The van der Waals surface area contributed by atoms with Crippen LogP contribution in [-0.2, 0) is 38.8 Å². The Labute approximate surface area is 240 Å². The van der Waals surface area contributed by atoms with Crippen LogP contribution in [0.25, 0.3) is 0 Å². The van der Waals surface area contributed by atoms with Crippen molar-refractivity contribution in [2.45, 2.75) is 61.6 Å². The maximum absolute atomic E-state index is 16.3. The van der Waals surface area contributed by atoms with Crippen LogP contribution in [-0.4, -0.2) is 36.5 Å². The Morgan fingerprint density at radius 2 is 1.15 bits per heavy atom. The molecule has 0 aromatic heterocycles. The van der Waals surface area contributed by atoms with Crippen LogP contribution >= 0.6 is 11.8 Å². The van der Waals surface area contributed by atoms with Gasteiger partial charge in [0, 0.05) is 4.90 Å². The Morgan fingerprint density at radius 3 is 1.70 bits per heavy atom. The van der Waals surface area contributed by atoms with Crippen LogP contribution in [0, 0.1) is 6.92 Å². The number of hydrogen-bond acceptors (Lipinski definition) is 5. The zero-order valence-electron chi connectivity index (χ0n) is 22.6. The first-order chi connectivity index (χ1) is 19.7. The summed E-state index contributed by atoms with van der Waals surface area (Å²) in [4.78, 5) is 1.02. The molecule has 1 heterocycles. The largest absolute Gasteiger partial charge is 0.374 e. The third-order valence-corrected chi connectivity index (χ3v) is 7.96. The van der Waals surface area contributed by atoms with Gasteiger partial charge in [-0.2, -0.15) is 0 Å². The van der Waals surface area contributed by atoms with Crippen molar-refractivity contribution in [1.29, 1.82) is 0 Å². The van der Waals surface area contributed by atoms with Crippen LogP contribution in [0.2, 0.25) is 0 Å². The number of aryl methyl sites for hydroxylation is 1. The van der Waals surface area contributed by atoms with Crippen LogP contribution in [0.4, 0.5) is 4.39 Å². The van der Waals surface area contributed by atoms with E-state index in [9.17, 15) is 0 Å². The van der Waals surface area contributed by atoms with E-state index in [1.165, 1.54) is 17.3 Å². The summed E-state index contributed by atoms with van der Waals surface area (Å²) in [5, 5.41) is 0. The second-order valence-electron chi connectivity index (χ2n) is 9.94. The van der Waals surface area contributed by atoms with E-state index in [2.05, 4.69) is 31.2 Å². The van der Waals surface area contributed by atoms with E-state index in [4.69, 9.17) is 18.9 Å². The molecule has 6 heteroatoms. The average Bonchev–Trinajstić information content (AvgIpc) is 3.00. The standard InChI is InChI=1S/C34H35FO4S/c1-25-17-19-29(20-18-25)40-34-33(38-23-28-15-9-4-10-16-28)32(37-22-27-13-7-3-8-14-27)31(35)30(39-34)24-36-21-26-11-5-2-6-12-26/h2-20,30-34H,21-24H2,1H3/t30-,31-,32+,33-,34-/m1/s1. The summed E-state index contributed by atoms with van der Waals surface area (Å²) in [6.07, 6.45) is -3.72. The number of alkyl halides is 1. The van der Waals surface area contributed by atoms with Crippen LogP contribution in [0.3, 0.4) is 0 Å². The highest BCUT2D eigenvalue weighted by atomic mass is 32.2. The van der Waals surface area contributed by atoms with Crippen LogP contribution in [0.5, 0.6) is 0 Å². The SMILES string of the molecule is Cc1ccc(S[C@H]2O[C@H](COCc3ccccc3)[C@@H](F)[C@H](OCc3ccccc3)[C@H]2OCc2ccccc2)cc1. The topological polar surface area (TPSA) is 36.9 Å². The van der Waals surface area contributed by atoms with Crippen molar-refractivity contribution in [2.24, 2.45) is 0 Å². The maximum atomic E-state index is 16.3. The minimum absolute atomic E-state index is 0.109. The quantitative estimate of drug-likeness (QED) is 0.180. The van der Waals surface area contributed by atoms with E-state index in [1.54, 1.807) is 0 Å². The highest BCUT2D eigenvalue weighted by Gasteiger charge is 2.48. The van der Waals surface area contributed by atoms with Gasteiger partial charge in [-0.1, -0.05) is 120 Å². The van der Waals surface area contributed by atoms with Gasteiger partial charge < -0.3 is 18.9 Å². The maximum Gasteiger partial charge on any atom is 0.157 e. The molecule has 4 aromatic rings. The normalized spacial score (nSPS) is 22.7. The molecule has 0 amide bonds. The zero-order chi connectivity index (χ0) is 27.6. The monoisotopic (exact) mass is 558 g/mol. The summed E-state index contributed by atoms with van der Waals surface area (Å²) in [6.45, 7) is 3.15. The molecule has 0 radical (unpaired) electrons. The lowest BCUT2D eigenvalue weighted by molar-refractivity contribution is -0.224. The van der Waals surface area contributed by atoms with Crippen LogP contribution < -0.4 is 0 Å². The van der Waals surface area contributed by atoms with Gasteiger partial charge in [0.15, 0.2) is 6.17 Å². The Hall–Kier alpha value is -3.00. The molecule has 1 fully saturated rings. The predicted octanol–water partition coefficient (Wildman–Crippen LogP) is 7.54. The van der Waals surface area contributed by atoms with Gasteiger partial charge in [0.1, 0.15) is 23.7 Å². The van der Waals surface area contributed by atoms with Gasteiger partial charge >= 0.3 is 0 Å². The molecule has 4 nitrogen and oxygen atoms in total. The predicted molar refractivity (Wildman–Crippen MR) is 157 cm³/mol.